The Balaban J connectivity index is 1.67. The number of amides is 1. The van der Waals surface area contributed by atoms with Crippen LogP contribution in [0.4, 0.5) is 11.4 Å². The van der Waals surface area contributed by atoms with E-state index in [2.05, 4.69) is 15.2 Å². The van der Waals surface area contributed by atoms with Crippen molar-refractivity contribution >= 4 is 34.9 Å². The third-order valence-electron chi connectivity index (χ3n) is 4.46. The Kier molecular flexibility index (Phi) is 5.73. The van der Waals surface area contributed by atoms with E-state index in [9.17, 15) is 9.59 Å². The van der Waals surface area contributed by atoms with Crippen LogP contribution in [0.5, 0.6) is 0 Å². The summed E-state index contributed by atoms with van der Waals surface area (Å²) in [6, 6.07) is 8.79. The molecule has 1 aliphatic rings. The van der Waals surface area contributed by atoms with E-state index in [0.29, 0.717) is 22.8 Å². The average molecular weight is 374 g/mol. The number of anilines is 2. The van der Waals surface area contributed by atoms with E-state index in [4.69, 9.17) is 16.7 Å². The summed E-state index contributed by atoms with van der Waals surface area (Å²) in [5.41, 5.74) is 2.06. The second-order valence-corrected chi connectivity index (χ2v) is 6.77. The van der Waals surface area contributed by atoms with Crippen LogP contribution in [-0.4, -0.2) is 35.1 Å². The van der Waals surface area contributed by atoms with Crippen LogP contribution in [0.2, 0.25) is 5.02 Å². The highest BCUT2D eigenvalue weighted by Gasteiger charge is 2.26. The van der Waals surface area contributed by atoms with Gasteiger partial charge >= 0.3 is 5.97 Å². The maximum absolute atomic E-state index is 12.7. The zero-order chi connectivity index (χ0) is 18.5. The number of hydrogen-bond donors (Lipinski definition) is 2. The van der Waals surface area contributed by atoms with Crippen molar-refractivity contribution in [3.8, 4) is 0 Å². The smallest absolute Gasteiger partial charge is 0.307 e. The first kappa shape index (κ1) is 18.2. The molecule has 1 aromatic carbocycles. The van der Waals surface area contributed by atoms with Crippen molar-refractivity contribution in [3.63, 3.8) is 0 Å². The van der Waals surface area contributed by atoms with E-state index in [1.165, 1.54) is 0 Å². The van der Waals surface area contributed by atoms with Crippen LogP contribution in [0, 0.1) is 5.92 Å². The van der Waals surface area contributed by atoms with Gasteiger partial charge in [-0.15, -0.1) is 0 Å². The van der Waals surface area contributed by atoms with Gasteiger partial charge in [0.2, 0.25) is 5.91 Å². The molecule has 2 aromatic rings. The number of carboxylic acid groups (broad SMARTS) is 1. The lowest BCUT2D eigenvalue weighted by molar-refractivity contribution is -0.136. The molecule has 1 amide bonds. The monoisotopic (exact) mass is 373 g/mol. The second kappa shape index (κ2) is 8.19. The van der Waals surface area contributed by atoms with E-state index in [1.54, 1.807) is 30.6 Å². The van der Waals surface area contributed by atoms with Gasteiger partial charge in [0.05, 0.1) is 24.2 Å². The molecule has 7 heteroatoms. The molecule has 6 nitrogen and oxygen atoms in total. The summed E-state index contributed by atoms with van der Waals surface area (Å²) in [4.78, 5) is 29.9. The molecule has 26 heavy (non-hydrogen) atoms. The van der Waals surface area contributed by atoms with Gasteiger partial charge in [-0.2, -0.15) is 0 Å². The Bertz CT molecular complexity index is 798. The first-order valence-electron chi connectivity index (χ1n) is 8.49. The highest BCUT2D eigenvalue weighted by molar-refractivity contribution is 6.31. The number of carbonyl (C=O) groups excluding carboxylic acids is 1. The SMILES string of the molecule is O=C(O)Cc1cc(NC(=O)[C@H]2CCCN(c3cccnc3)C2)ccc1Cl. The molecule has 0 unspecified atom stereocenters. The van der Waals surface area contributed by atoms with Crippen LogP contribution in [0.25, 0.3) is 0 Å². The van der Waals surface area contributed by atoms with E-state index in [0.717, 1.165) is 25.1 Å². The fourth-order valence-corrected chi connectivity index (χ4v) is 3.35. The summed E-state index contributed by atoms with van der Waals surface area (Å²) in [6.45, 7) is 1.53. The molecule has 1 aliphatic heterocycles. The Morgan fingerprint density at radius 2 is 2.19 bits per heavy atom. The van der Waals surface area contributed by atoms with Crippen molar-refractivity contribution in [2.75, 3.05) is 23.3 Å². The molecule has 2 N–H and O–H groups in total. The summed E-state index contributed by atoms with van der Waals surface area (Å²) >= 11 is 6.02. The molecular formula is C19H20ClN3O3. The van der Waals surface area contributed by atoms with E-state index < -0.39 is 5.97 Å². The van der Waals surface area contributed by atoms with Crippen molar-refractivity contribution in [1.82, 2.24) is 4.98 Å². The number of hydrogen-bond acceptors (Lipinski definition) is 4. The Morgan fingerprint density at radius 1 is 1.35 bits per heavy atom. The van der Waals surface area contributed by atoms with Gasteiger partial charge in [-0.3, -0.25) is 14.6 Å². The van der Waals surface area contributed by atoms with Crippen LogP contribution < -0.4 is 10.2 Å². The standard InChI is InChI=1S/C19H20ClN3O3/c20-17-6-5-15(9-14(17)10-18(24)25)22-19(26)13-3-2-8-23(12-13)16-4-1-7-21-11-16/h1,4-7,9,11,13H,2-3,8,10,12H2,(H,22,26)(H,24,25)/t13-/m0/s1. The van der Waals surface area contributed by atoms with Crippen molar-refractivity contribution in [2.45, 2.75) is 19.3 Å². The molecule has 1 atom stereocenters. The Labute approximate surface area is 156 Å². The van der Waals surface area contributed by atoms with Gasteiger partial charge in [-0.25, -0.2) is 0 Å². The molecular weight excluding hydrogens is 354 g/mol. The number of rotatable bonds is 5. The number of aliphatic carboxylic acids is 1. The molecule has 2 heterocycles. The molecule has 0 saturated carbocycles. The van der Waals surface area contributed by atoms with Crippen molar-refractivity contribution in [3.05, 3.63) is 53.3 Å². The molecule has 1 saturated heterocycles. The van der Waals surface area contributed by atoms with Crippen LogP contribution in [0.1, 0.15) is 18.4 Å². The van der Waals surface area contributed by atoms with Crippen LogP contribution in [-0.2, 0) is 16.0 Å². The summed E-state index contributed by atoms with van der Waals surface area (Å²) < 4.78 is 0. The Morgan fingerprint density at radius 3 is 2.92 bits per heavy atom. The van der Waals surface area contributed by atoms with Gasteiger partial charge in [0.15, 0.2) is 0 Å². The first-order valence-corrected chi connectivity index (χ1v) is 8.87. The average Bonchev–Trinajstić information content (AvgIpc) is 2.65. The molecule has 1 aromatic heterocycles. The largest absolute Gasteiger partial charge is 0.481 e. The normalized spacial score (nSPS) is 17.0. The van der Waals surface area contributed by atoms with E-state index in [1.807, 2.05) is 12.1 Å². The number of nitrogens with one attached hydrogen (secondary N) is 1. The third kappa shape index (κ3) is 4.52. The molecule has 0 aliphatic carbocycles. The van der Waals surface area contributed by atoms with Gasteiger partial charge in [-0.1, -0.05) is 11.6 Å². The number of carbonyl (C=O) groups is 2. The van der Waals surface area contributed by atoms with Gasteiger partial charge in [0, 0.05) is 30.0 Å². The molecule has 0 bridgehead atoms. The maximum Gasteiger partial charge on any atom is 0.307 e. The summed E-state index contributed by atoms with van der Waals surface area (Å²) in [6.07, 6.45) is 5.10. The maximum atomic E-state index is 12.7. The number of benzene rings is 1. The fourth-order valence-electron chi connectivity index (χ4n) is 3.16. The third-order valence-corrected chi connectivity index (χ3v) is 4.83. The summed E-state index contributed by atoms with van der Waals surface area (Å²) in [7, 11) is 0. The number of nitrogens with zero attached hydrogens (tertiary/aromatic N) is 2. The minimum atomic E-state index is -0.963. The number of carboxylic acids is 1. The van der Waals surface area contributed by atoms with Crippen LogP contribution >= 0.6 is 11.6 Å². The molecule has 136 valence electrons. The molecule has 1 fully saturated rings. The quantitative estimate of drug-likeness (QED) is 0.840. The number of piperidine rings is 1. The predicted octanol–water partition coefficient (Wildman–Crippen LogP) is 3.22. The topological polar surface area (TPSA) is 82.5 Å². The summed E-state index contributed by atoms with van der Waals surface area (Å²) in [5.74, 6) is -1.17. The lowest BCUT2D eigenvalue weighted by Gasteiger charge is -2.33. The lowest BCUT2D eigenvalue weighted by Crippen LogP contribution is -2.40. The number of pyridine rings is 1. The fraction of sp³-hybridized carbons (Fsp3) is 0.316. The van der Waals surface area contributed by atoms with E-state index >= 15 is 0 Å². The van der Waals surface area contributed by atoms with Crippen molar-refractivity contribution < 1.29 is 14.7 Å². The lowest BCUT2D eigenvalue weighted by atomic mass is 9.96. The molecule has 0 spiro atoms. The van der Waals surface area contributed by atoms with Crippen molar-refractivity contribution in [2.24, 2.45) is 5.92 Å². The van der Waals surface area contributed by atoms with Crippen LogP contribution in [0.15, 0.2) is 42.7 Å². The van der Waals surface area contributed by atoms with Crippen LogP contribution in [0.3, 0.4) is 0 Å². The minimum Gasteiger partial charge on any atom is -0.481 e. The first-order chi connectivity index (χ1) is 12.5. The van der Waals surface area contributed by atoms with Gasteiger partial charge in [-0.05, 0) is 48.7 Å². The van der Waals surface area contributed by atoms with Crippen molar-refractivity contribution in [1.29, 1.82) is 0 Å². The van der Waals surface area contributed by atoms with E-state index in [-0.39, 0.29) is 18.2 Å². The number of aromatic nitrogens is 1. The zero-order valence-corrected chi connectivity index (χ0v) is 14.9. The summed E-state index contributed by atoms with van der Waals surface area (Å²) in [5, 5.41) is 12.2. The number of halogens is 1. The van der Waals surface area contributed by atoms with Gasteiger partial charge in [0.1, 0.15) is 0 Å². The second-order valence-electron chi connectivity index (χ2n) is 6.36. The Hall–Kier alpha value is -2.60. The zero-order valence-electron chi connectivity index (χ0n) is 14.2. The highest BCUT2D eigenvalue weighted by Crippen LogP contribution is 2.25. The highest BCUT2D eigenvalue weighted by atomic mass is 35.5. The predicted molar refractivity (Wildman–Crippen MR) is 101 cm³/mol. The van der Waals surface area contributed by atoms with Gasteiger partial charge < -0.3 is 15.3 Å². The molecule has 3 rings (SSSR count). The molecule has 0 radical (unpaired) electrons. The van der Waals surface area contributed by atoms with Gasteiger partial charge in [0.25, 0.3) is 0 Å². The minimum absolute atomic E-state index is 0.0674.